The molecule has 4 rings (SSSR count). The van der Waals surface area contributed by atoms with Crippen LogP contribution < -0.4 is 21.9 Å². The van der Waals surface area contributed by atoms with E-state index >= 15 is 0 Å². The minimum Gasteiger partial charge on any atom is -0.497 e. The SMILES string of the molecule is COc1ccc(C(=O)[C@]2(CO)O[C@H](OC3[C@@H](CO)O[C@@H](OC4[C@@H](CO)O[C@@H](O)[C@H](N)[C@H]4O)[C@H](N)[C@H]3O)[C@H](N)[C@@H](O)[C@@H]2O)cc1. The van der Waals surface area contributed by atoms with Crippen LogP contribution in [0, 0.1) is 0 Å². The summed E-state index contributed by atoms with van der Waals surface area (Å²) in [6.45, 7) is -2.61. The molecule has 3 heterocycles. The van der Waals surface area contributed by atoms with Crippen molar-refractivity contribution >= 4 is 5.78 Å². The van der Waals surface area contributed by atoms with E-state index in [-0.39, 0.29) is 5.56 Å². The lowest BCUT2D eigenvalue weighted by Crippen LogP contribution is -2.73. The van der Waals surface area contributed by atoms with Gasteiger partial charge < -0.3 is 86.5 Å². The van der Waals surface area contributed by atoms with Crippen molar-refractivity contribution in [1.82, 2.24) is 0 Å². The predicted molar refractivity (Wildman–Crippen MR) is 143 cm³/mol. The molecule has 0 amide bonds. The Balaban J connectivity index is 1.54. The van der Waals surface area contributed by atoms with Crippen molar-refractivity contribution in [2.75, 3.05) is 26.9 Å². The van der Waals surface area contributed by atoms with Gasteiger partial charge in [0.1, 0.15) is 54.6 Å². The standard InChI is InChI=1S/C26H41N3O15/c1-39-10-4-2-9(3-5-10)21(36)26(8-32)22(37)18(35)15(29)25(44-26)43-20-12(7-31)41-24(14(28)17(20)34)42-19-11(6-30)40-23(38)13(27)16(19)33/h2-5,11-20,22-25,30-35,37-38H,6-8,27-29H2,1H3/t11-,12-,13-,14-,15-,16-,17-,18-,19?,20?,22+,23-,24+,25+,26+/m1/s1. The molecule has 0 saturated carbocycles. The number of ketones is 1. The van der Waals surface area contributed by atoms with Crippen molar-refractivity contribution in [2.45, 2.75) is 91.4 Å². The van der Waals surface area contributed by atoms with Crippen LogP contribution in [0.25, 0.3) is 0 Å². The van der Waals surface area contributed by atoms with Gasteiger partial charge >= 0.3 is 0 Å². The highest BCUT2D eigenvalue weighted by Gasteiger charge is 2.59. The molecule has 14 N–H and O–H groups in total. The molecule has 3 aliphatic heterocycles. The van der Waals surface area contributed by atoms with Gasteiger partial charge in [-0.25, -0.2) is 0 Å². The van der Waals surface area contributed by atoms with Gasteiger partial charge in [-0.15, -0.1) is 0 Å². The van der Waals surface area contributed by atoms with Crippen LogP contribution >= 0.6 is 0 Å². The Morgan fingerprint density at radius 3 is 1.86 bits per heavy atom. The van der Waals surface area contributed by atoms with Crippen molar-refractivity contribution in [3.05, 3.63) is 29.8 Å². The molecule has 0 bridgehead atoms. The molecule has 18 nitrogen and oxygen atoms in total. The van der Waals surface area contributed by atoms with Crippen LogP contribution in [0.1, 0.15) is 10.4 Å². The maximum Gasteiger partial charge on any atom is 0.199 e. The van der Waals surface area contributed by atoms with Crippen LogP contribution in [-0.2, 0) is 23.7 Å². The summed E-state index contributed by atoms with van der Waals surface area (Å²) in [6, 6.07) is 1.33. The topological polar surface area (TPSA) is 312 Å². The predicted octanol–water partition coefficient (Wildman–Crippen LogP) is -6.41. The summed E-state index contributed by atoms with van der Waals surface area (Å²) >= 11 is 0. The molecule has 3 aliphatic rings. The van der Waals surface area contributed by atoms with E-state index < -0.39 is 117 Å². The molecule has 44 heavy (non-hydrogen) atoms. The second kappa shape index (κ2) is 14.2. The summed E-state index contributed by atoms with van der Waals surface area (Å²) in [5, 5.41) is 83.2. The van der Waals surface area contributed by atoms with Gasteiger partial charge in [-0.2, -0.15) is 0 Å². The van der Waals surface area contributed by atoms with Gasteiger partial charge in [0.2, 0.25) is 0 Å². The Labute approximate surface area is 251 Å². The maximum atomic E-state index is 13.5. The Morgan fingerprint density at radius 2 is 1.32 bits per heavy atom. The largest absolute Gasteiger partial charge is 0.497 e. The van der Waals surface area contributed by atoms with Gasteiger partial charge in [0.15, 0.2) is 30.3 Å². The zero-order valence-electron chi connectivity index (χ0n) is 23.7. The van der Waals surface area contributed by atoms with E-state index in [0.29, 0.717) is 5.75 Å². The van der Waals surface area contributed by atoms with Crippen LogP contribution in [-0.4, -0.2) is 165 Å². The number of ether oxygens (including phenoxy) is 6. The number of carbonyl (C=O) groups excluding carboxylic acids is 1. The Bertz CT molecular complexity index is 1100. The highest BCUT2D eigenvalue weighted by molar-refractivity contribution is 6.03. The number of Topliss-reactive ketones (excluding diaryl/α,β-unsaturated/α-hetero) is 1. The summed E-state index contributed by atoms with van der Waals surface area (Å²) in [4.78, 5) is 13.5. The van der Waals surface area contributed by atoms with Gasteiger partial charge in [0, 0.05) is 5.56 Å². The van der Waals surface area contributed by atoms with E-state index in [4.69, 9.17) is 45.6 Å². The van der Waals surface area contributed by atoms with E-state index in [1.165, 1.54) is 31.4 Å². The molecule has 1 aromatic rings. The number of rotatable bonds is 10. The van der Waals surface area contributed by atoms with E-state index in [1.807, 2.05) is 0 Å². The third-order valence-corrected chi connectivity index (χ3v) is 8.21. The summed E-state index contributed by atoms with van der Waals surface area (Å²) in [7, 11) is 1.42. The first-order valence-electron chi connectivity index (χ1n) is 13.8. The average Bonchev–Trinajstić information content (AvgIpc) is 3.04. The van der Waals surface area contributed by atoms with Crippen LogP contribution in [0.2, 0.25) is 0 Å². The van der Waals surface area contributed by atoms with Crippen molar-refractivity contribution in [1.29, 1.82) is 0 Å². The zero-order valence-corrected chi connectivity index (χ0v) is 23.7. The third kappa shape index (κ3) is 6.35. The normalized spacial score (nSPS) is 44.7. The molecular formula is C26H41N3O15. The number of aliphatic hydroxyl groups excluding tert-OH is 8. The van der Waals surface area contributed by atoms with Crippen molar-refractivity contribution in [2.24, 2.45) is 17.2 Å². The lowest BCUT2D eigenvalue weighted by atomic mass is 9.81. The van der Waals surface area contributed by atoms with Gasteiger partial charge in [-0.05, 0) is 24.3 Å². The summed E-state index contributed by atoms with van der Waals surface area (Å²) in [5.74, 6) is -0.500. The molecule has 3 fully saturated rings. The Morgan fingerprint density at radius 1 is 0.795 bits per heavy atom. The molecule has 3 saturated heterocycles. The fraction of sp³-hybridized carbons (Fsp3) is 0.731. The molecule has 0 radical (unpaired) electrons. The molecule has 18 heteroatoms. The van der Waals surface area contributed by atoms with Gasteiger partial charge in [-0.3, -0.25) is 4.79 Å². The monoisotopic (exact) mass is 635 g/mol. The van der Waals surface area contributed by atoms with Gasteiger partial charge in [0.05, 0.1) is 45.1 Å². The van der Waals surface area contributed by atoms with Crippen LogP contribution in [0.3, 0.4) is 0 Å². The maximum absolute atomic E-state index is 13.5. The summed E-state index contributed by atoms with van der Waals surface area (Å²) < 4.78 is 33.2. The fourth-order valence-electron chi connectivity index (χ4n) is 5.46. The minimum absolute atomic E-state index is 0.0149. The fourth-order valence-corrected chi connectivity index (χ4v) is 5.46. The summed E-state index contributed by atoms with van der Waals surface area (Å²) in [5.41, 5.74) is 15.5. The van der Waals surface area contributed by atoms with Crippen molar-refractivity contribution in [3.63, 3.8) is 0 Å². The summed E-state index contributed by atoms with van der Waals surface area (Å²) in [6.07, 6.45) is -17.6. The molecule has 1 aromatic carbocycles. The van der Waals surface area contributed by atoms with E-state index in [0.717, 1.165) is 0 Å². The molecule has 2 unspecified atom stereocenters. The molecule has 0 aliphatic carbocycles. The first-order chi connectivity index (χ1) is 20.8. The minimum atomic E-state index is -2.46. The van der Waals surface area contributed by atoms with E-state index in [9.17, 15) is 45.6 Å². The average molecular weight is 636 g/mol. The van der Waals surface area contributed by atoms with E-state index in [1.54, 1.807) is 0 Å². The third-order valence-electron chi connectivity index (χ3n) is 8.21. The number of aliphatic hydroxyl groups is 8. The number of benzene rings is 1. The number of methoxy groups -OCH3 is 1. The second-order valence-corrected chi connectivity index (χ2v) is 10.9. The first kappa shape index (κ1) is 34.9. The van der Waals surface area contributed by atoms with E-state index in [2.05, 4.69) is 0 Å². The van der Waals surface area contributed by atoms with Crippen LogP contribution in [0.15, 0.2) is 24.3 Å². The quantitative estimate of drug-likeness (QED) is 0.106. The van der Waals surface area contributed by atoms with Crippen LogP contribution in [0.5, 0.6) is 5.75 Å². The molecule has 15 atom stereocenters. The zero-order chi connectivity index (χ0) is 32.5. The van der Waals surface area contributed by atoms with Gasteiger partial charge in [0.25, 0.3) is 0 Å². The second-order valence-electron chi connectivity index (χ2n) is 10.9. The number of hydrogen-bond donors (Lipinski definition) is 11. The lowest BCUT2D eigenvalue weighted by molar-refractivity contribution is -0.354. The van der Waals surface area contributed by atoms with Crippen molar-refractivity contribution in [3.8, 4) is 5.75 Å². The molecule has 0 spiro atoms. The van der Waals surface area contributed by atoms with Crippen LogP contribution in [0.4, 0.5) is 0 Å². The highest BCUT2D eigenvalue weighted by atomic mass is 16.7. The first-order valence-corrected chi connectivity index (χ1v) is 13.8. The highest BCUT2D eigenvalue weighted by Crippen LogP contribution is 2.36. The van der Waals surface area contributed by atoms with Gasteiger partial charge in [-0.1, -0.05) is 0 Å². The lowest BCUT2D eigenvalue weighted by Gasteiger charge is -2.50. The number of carbonyl (C=O) groups is 1. The van der Waals surface area contributed by atoms with Crippen molar-refractivity contribution < 1.29 is 74.1 Å². The smallest absolute Gasteiger partial charge is 0.199 e. The number of nitrogens with two attached hydrogens (primary N) is 3. The Hall–Kier alpha value is -1.95. The Kier molecular flexibility index (Phi) is 11.3. The molecule has 250 valence electrons. The molecular weight excluding hydrogens is 594 g/mol. The number of hydrogen-bond acceptors (Lipinski definition) is 18. The molecule has 0 aromatic heterocycles.